The van der Waals surface area contributed by atoms with Gasteiger partial charge in [0.15, 0.2) is 0 Å². The van der Waals surface area contributed by atoms with Crippen molar-refractivity contribution in [1.29, 1.82) is 0 Å². The van der Waals surface area contributed by atoms with E-state index in [4.69, 9.17) is 0 Å². The Balaban J connectivity index is 1.65. The van der Waals surface area contributed by atoms with Crippen LogP contribution in [0.5, 0.6) is 0 Å². The normalized spacial score (nSPS) is 12.3. The fraction of sp³-hybridized carbons (Fsp3) is 0.294. The highest BCUT2D eigenvalue weighted by Gasteiger charge is 2.17. The van der Waals surface area contributed by atoms with Gasteiger partial charge < -0.3 is 10.2 Å². The maximum atomic E-state index is 13.5. The summed E-state index contributed by atoms with van der Waals surface area (Å²) in [4.78, 5) is 26.4. The molecule has 1 amide bonds. The molecule has 0 aliphatic heterocycles. The number of carbonyl (C=O) groups is 1. The van der Waals surface area contributed by atoms with Crippen LogP contribution < -0.4 is 11.0 Å². The second-order valence-electron chi connectivity index (χ2n) is 6.12. The molecule has 142 valence electrons. The van der Waals surface area contributed by atoms with E-state index in [1.165, 1.54) is 23.5 Å². The Morgan fingerprint density at radius 1 is 1.30 bits per heavy atom. The largest absolute Gasteiger partial charge is 0.369 e. The minimum atomic E-state index is -0.484. The van der Waals surface area contributed by atoms with E-state index in [1.54, 1.807) is 24.3 Å². The predicted octanol–water partition coefficient (Wildman–Crippen LogP) is 1.05. The van der Waals surface area contributed by atoms with Crippen LogP contribution in [-0.2, 0) is 11.3 Å². The second-order valence-corrected chi connectivity index (χ2v) is 7.05. The number of aromatic nitrogens is 4. The molecule has 1 unspecified atom stereocenters. The maximum absolute atomic E-state index is 13.5. The summed E-state index contributed by atoms with van der Waals surface area (Å²) in [5.74, 6) is -0.707. The molecule has 0 aliphatic rings. The third-order valence-corrected chi connectivity index (χ3v) is 4.84. The number of benzene rings is 1. The summed E-state index contributed by atoms with van der Waals surface area (Å²) in [6.45, 7) is 0.0244. The first kappa shape index (κ1) is 18.9. The Labute approximate surface area is 158 Å². The van der Waals surface area contributed by atoms with Gasteiger partial charge in [0.1, 0.15) is 17.4 Å². The lowest BCUT2D eigenvalue weighted by molar-refractivity contribution is -0.122. The Morgan fingerprint density at radius 2 is 2.11 bits per heavy atom. The Hall–Kier alpha value is -2.85. The lowest BCUT2D eigenvalue weighted by atomic mass is 10.1. The lowest BCUT2D eigenvalue weighted by Gasteiger charge is -2.25. The van der Waals surface area contributed by atoms with Crippen LogP contribution in [0.25, 0.3) is 5.00 Å². The Kier molecular flexibility index (Phi) is 5.77. The minimum absolute atomic E-state index is 0.205. The summed E-state index contributed by atoms with van der Waals surface area (Å²) < 4.78 is 15.6. The molecule has 0 saturated carbocycles. The van der Waals surface area contributed by atoms with Crippen LogP contribution in [0.2, 0.25) is 0 Å². The molecule has 0 bridgehead atoms. The van der Waals surface area contributed by atoms with Crippen LogP contribution in [0.3, 0.4) is 0 Å². The van der Waals surface area contributed by atoms with Gasteiger partial charge in [-0.05, 0) is 59.7 Å². The molecule has 1 atom stereocenters. The molecule has 0 saturated heterocycles. The molecule has 10 heteroatoms. The number of nitrogens with one attached hydrogen (secondary N) is 1. The molecule has 3 rings (SSSR count). The zero-order chi connectivity index (χ0) is 19.4. The van der Waals surface area contributed by atoms with Crippen LogP contribution >= 0.6 is 11.3 Å². The van der Waals surface area contributed by atoms with Crippen molar-refractivity contribution in [3.05, 3.63) is 63.6 Å². The number of amides is 1. The maximum Gasteiger partial charge on any atom is 0.369 e. The first-order valence-electron chi connectivity index (χ1n) is 8.21. The van der Waals surface area contributed by atoms with Gasteiger partial charge in [-0.1, -0.05) is 12.1 Å². The quantitative estimate of drug-likeness (QED) is 0.652. The highest BCUT2D eigenvalue weighted by atomic mass is 32.1. The summed E-state index contributed by atoms with van der Waals surface area (Å²) in [7, 11) is 3.69. The molecule has 3 aromatic rings. The molecule has 8 nitrogen and oxygen atoms in total. The van der Waals surface area contributed by atoms with Crippen LogP contribution in [0.1, 0.15) is 11.6 Å². The smallest absolute Gasteiger partial charge is 0.353 e. The number of carbonyl (C=O) groups excluding carboxylic acids is 1. The van der Waals surface area contributed by atoms with Crippen molar-refractivity contribution in [3.63, 3.8) is 0 Å². The lowest BCUT2D eigenvalue weighted by Crippen LogP contribution is -2.38. The fourth-order valence-corrected chi connectivity index (χ4v) is 3.29. The van der Waals surface area contributed by atoms with E-state index < -0.39 is 5.69 Å². The third-order valence-electron chi connectivity index (χ3n) is 4.00. The van der Waals surface area contributed by atoms with Gasteiger partial charge in [0.25, 0.3) is 0 Å². The summed E-state index contributed by atoms with van der Waals surface area (Å²) in [6, 6.07) is 9.58. The number of halogens is 1. The van der Waals surface area contributed by atoms with Gasteiger partial charge in [0, 0.05) is 6.54 Å². The second kappa shape index (κ2) is 8.23. The van der Waals surface area contributed by atoms with Crippen molar-refractivity contribution in [3.8, 4) is 5.00 Å². The summed E-state index contributed by atoms with van der Waals surface area (Å²) in [5.41, 5.74) is 0.267. The molecular weight excluding hydrogens is 371 g/mol. The average molecular weight is 390 g/mol. The van der Waals surface area contributed by atoms with Crippen LogP contribution in [0, 0.1) is 5.82 Å². The molecule has 0 aliphatic carbocycles. The van der Waals surface area contributed by atoms with Gasteiger partial charge in [-0.25, -0.2) is 9.18 Å². The third kappa shape index (κ3) is 4.47. The van der Waals surface area contributed by atoms with Gasteiger partial charge >= 0.3 is 5.69 Å². The van der Waals surface area contributed by atoms with Gasteiger partial charge in [-0.3, -0.25) is 4.79 Å². The standard InChI is InChI=1S/C17H19FN6O2S/c1-22(2)14(12-5-3-6-13(18)9-12)10-19-15(25)11-23-17(26)24(21-20-23)16-7-4-8-27-16/h3-9,14H,10-11H2,1-2H3,(H,19,25). The van der Waals surface area contributed by atoms with Gasteiger partial charge in [-0.15, -0.1) is 11.3 Å². The number of rotatable bonds is 7. The fourth-order valence-electron chi connectivity index (χ4n) is 2.62. The van der Waals surface area contributed by atoms with Crippen molar-refractivity contribution in [2.45, 2.75) is 12.6 Å². The zero-order valence-electron chi connectivity index (χ0n) is 14.9. The number of hydrogen-bond donors (Lipinski definition) is 1. The van der Waals surface area contributed by atoms with E-state index >= 15 is 0 Å². The van der Waals surface area contributed by atoms with E-state index in [9.17, 15) is 14.0 Å². The van der Waals surface area contributed by atoms with Crippen LogP contribution in [0.15, 0.2) is 46.6 Å². The van der Waals surface area contributed by atoms with E-state index in [-0.39, 0.29) is 30.9 Å². The van der Waals surface area contributed by atoms with Gasteiger partial charge in [0.2, 0.25) is 5.91 Å². The number of nitrogens with zero attached hydrogens (tertiary/aromatic N) is 5. The van der Waals surface area contributed by atoms with Crippen molar-refractivity contribution in [2.75, 3.05) is 20.6 Å². The Bertz CT molecular complexity index is 966. The van der Waals surface area contributed by atoms with E-state index in [1.807, 2.05) is 24.4 Å². The van der Waals surface area contributed by atoms with Crippen LogP contribution in [-0.4, -0.2) is 51.2 Å². The Morgan fingerprint density at radius 3 is 2.78 bits per heavy atom. The summed E-state index contributed by atoms with van der Waals surface area (Å²) in [6.07, 6.45) is 0. The molecule has 27 heavy (non-hydrogen) atoms. The molecule has 0 fully saturated rings. The molecule has 2 heterocycles. The number of thiophene rings is 1. The molecule has 2 aromatic heterocycles. The number of likely N-dealkylation sites (N-methyl/N-ethyl adjacent to an activating group) is 1. The average Bonchev–Trinajstić information content (AvgIpc) is 3.25. The first-order chi connectivity index (χ1) is 13.0. The minimum Gasteiger partial charge on any atom is -0.353 e. The van der Waals surface area contributed by atoms with Gasteiger partial charge in [0.05, 0.1) is 6.04 Å². The predicted molar refractivity (Wildman–Crippen MR) is 99.3 cm³/mol. The zero-order valence-corrected chi connectivity index (χ0v) is 15.7. The van der Waals surface area contributed by atoms with Crippen LogP contribution in [0.4, 0.5) is 4.39 Å². The summed E-state index contributed by atoms with van der Waals surface area (Å²) >= 11 is 1.35. The topological polar surface area (TPSA) is 85.1 Å². The van der Waals surface area contributed by atoms with E-state index in [2.05, 4.69) is 15.7 Å². The van der Waals surface area contributed by atoms with E-state index in [0.29, 0.717) is 5.00 Å². The summed E-state index contributed by atoms with van der Waals surface area (Å²) in [5, 5.41) is 12.8. The number of hydrogen-bond acceptors (Lipinski definition) is 6. The molecule has 0 radical (unpaired) electrons. The van der Waals surface area contributed by atoms with Crippen molar-refractivity contribution < 1.29 is 9.18 Å². The highest BCUT2D eigenvalue weighted by molar-refractivity contribution is 7.12. The van der Waals surface area contributed by atoms with Crippen molar-refractivity contribution >= 4 is 17.2 Å². The van der Waals surface area contributed by atoms with Gasteiger partial charge in [-0.2, -0.15) is 9.36 Å². The van der Waals surface area contributed by atoms with E-state index in [0.717, 1.165) is 14.9 Å². The monoisotopic (exact) mass is 390 g/mol. The number of tetrazole rings is 1. The SMILES string of the molecule is CN(C)C(CNC(=O)Cn1nnn(-c2cccs2)c1=O)c1cccc(F)c1. The first-order valence-corrected chi connectivity index (χ1v) is 9.09. The highest BCUT2D eigenvalue weighted by Crippen LogP contribution is 2.18. The molecule has 1 aromatic carbocycles. The van der Waals surface area contributed by atoms with Crippen molar-refractivity contribution in [1.82, 2.24) is 30.0 Å². The molecular formula is C17H19FN6O2S. The molecule has 0 spiro atoms. The van der Waals surface area contributed by atoms with Crippen molar-refractivity contribution in [2.24, 2.45) is 0 Å². The molecule has 1 N–H and O–H groups in total.